The normalized spacial score (nSPS) is 10.5. The third-order valence-electron chi connectivity index (χ3n) is 1.87. The first-order valence-electron chi connectivity index (χ1n) is 4.52. The zero-order valence-electron chi connectivity index (χ0n) is 8.20. The second-order valence-electron chi connectivity index (χ2n) is 3.06. The summed E-state index contributed by atoms with van der Waals surface area (Å²) in [5.74, 6) is 0.845. The lowest BCUT2D eigenvalue weighted by molar-refractivity contribution is 0.776. The van der Waals surface area contributed by atoms with Crippen LogP contribution in [0.4, 0.5) is 0 Å². The van der Waals surface area contributed by atoms with E-state index < -0.39 is 0 Å². The van der Waals surface area contributed by atoms with Crippen LogP contribution in [0, 0.1) is 0 Å². The molecule has 0 aliphatic rings. The number of hydrogen-bond donors (Lipinski definition) is 1. The van der Waals surface area contributed by atoms with Crippen molar-refractivity contribution in [3.05, 3.63) is 34.6 Å². The van der Waals surface area contributed by atoms with Gasteiger partial charge in [-0.05, 0) is 30.7 Å². The van der Waals surface area contributed by atoms with Crippen LogP contribution in [0.5, 0.6) is 0 Å². The van der Waals surface area contributed by atoms with Crippen LogP contribution in [0.3, 0.4) is 0 Å². The van der Waals surface area contributed by atoms with Gasteiger partial charge >= 0.3 is 0 Å². The van der Waals surface area contributed by atoms with Crippen molar-refractivity contribution in [2.75, 3.05) is 7.05 Å². The van der Waals surface area contributed by atoms with Gasteiger partial charge in [-0.1, -0.05) is 28.1 Å². The Morgan fingerprint density at radius 3 is 3.07 bits per heavy atom. The molecule has 0 fully saturated rings. The van der Waals surface area contributed by atoms with Crippen LogP contribution in [-0.2, 0) is 6.54 Å². The summed E-state index contributed by atoms with van der Waals surface area (Å²) in [4.78, 5) is 4.44. The minimum atomic E-state index is 0.713. The fraction of sp³-hybridized carbons (Fsp3) is 0.200. The van der Waals surface area contributed by atoms with E-state index in [9.17, 15) is 0 Å². The van der Waals surface area contributed by atoms with E-state index in [4.69, 9.17) is 0 Å². The Hall–Kier alpha value is -0.780. The van der Waals surface area contributed by atoms with Crippen LogP contribution in [0.1, 0.15) is 5.82 Å². The highest BCUT2D eigenvalue weighted by molar-refractivity contribution is 9.10. The van der Waals surface area contributed by atoms with Gasteiger partial charge in [0.05, 0.1) is 6.54 Å². The minimum Gasteiger partial charge on any atom is -0.313 e. The molecule has 2 aromatic rings. The molecule has 0 aliphatic carbocycles. The highest BCUT2D eigenvalue weighted by Crippen LogP contribution is 2.24. The van der Waals surface area contributed by atoms with Crippen LogP contribution in [-0.4, -0.2) is 16.4 Å². The van der Waals surface area contributed by atoms with Gasteiger partial charge in [0.25, 0.3) is 0 Å². The second kappa shape index (κ2) is 4.83. The molecule has 1 N–H and O–H groups in total. The fourth-order valence-corrected chi connectivity index (χ4v) is 2.30. The highest BCUT2D eigenvalue weighted by atomic mass is 79.9. The third kappa shape index (κ3) is 2.62. The van der Waals surface area contributed by atoms with Gasteiger partial charge in [-0.15, -0.1) is 0 Å². The van der Waals surface area contributed by atoms with Crippen LogP contribution < -0.4 is 5.32 Å². The number of halogens is 1. The lowest BCUT2D eigenvalue weighted by Crippen LogP contribution is -2.06. The standard InChI is InChI=1S/C10H10BrN3S/c1-12-6-9-13-10(15-14-9)7-3-2-4-8(11)5-7/h2-5,12H,6H2,1H3. The average Bonchev–Trinajstić information content (AvgIpc) is 2.67. The molecule has 0 saturated heterocycles. The topological polar surface area (TPSA) is 37.8 Å². The summed E-state index contributed by atoms with van der Waals surface area (Å²) >= 11 is 4.87. The maximum Gasteiger partial charge on any atom is 0.156 e. The van der Waals surface area contributed by atoms with Gasteiger partial charge in [-0.2, -0.15) is 4.37 Å². The van der Waals surface area contributed by atoms with Gasteiger partial charge in [0.1, 0.15) is 5.01 Å². The van der Waals surface area contributed by atoms with Crippen molar-refractivity contribution in [1.82, 2.24) is 14.7 Å². The SMILES string of the molecule is CNCc1nsc(-c2cccc(Br)c2)n1. The molecule has 2 rings (SSSR count). The quantitative estimate of drug-likeness (QED) is 0.941. The molecule has 1 aromatic carbocycles. The molecule has 78 valence electrons. The number of rotatable bonds is 3. The monoisotopic (exact) mass is 283 g/mol. The maximum absolute atomic E-state index is 4.44. The molecule has 0 amide bonds. The third-order valence-corrected chi connectivity index (χ3v) is 3.17. The molecule has 0 radical (unpaired) electrons. The van der Waals surface area contributed by atoms with Crippen molar-refractivity contribution >= 4 is 27.5 Å². The van der Waals surface area contributed by atoms with E-state index in [2.05, 4.69) is 30.6 Å². The van der Waals surface area contributed by atoms with Crippen molar-refractivity contribution in [2.45, 2.75) is 6.54 Å². The summed E-state index contributed by atoms with van der Waals surface area (Å²) in [5, 5.41) is 3.99. The van der Waals surface area contributed by atoms with E-state index in [1.165, 1.54) is 11.5 Å². The average molecular weight is 284 g/mol. The lowest BCUT2D eigenvalue weighted by atomic mass is 10.2. The van der Waals surface area contributed by atoms with Crippen LogP contribution in [0.2, 0.25) is 0 Å². The van der Waals surface area contributed by atoms with E-state index in [0.717, 1.165) is 20.9 Å². The Morgan fingerprint density at radius 1 is 1.47 bits per heavy atom. The summed E-state index contributed by atoms with van der Waals surface area (Å²) < 4.78 is 5.33. The van der Waals surface area contributed by atoms with Gasteiger partial charge in [0.15, 0.2) is 5.82 Å². The number of nitrogens with one attached hydrogen (secondary N) is 1. The predicted octanol–water partition coefficient (Wildman–Crippen LogP) is 2.69. The van der Waals surface area contributed by atoms with Crippen molar-refractivity contribution in [2.24, 2.45) is 0 Å². The van der Waals surface area contributed by atoms with E-state index in [1.807, 2.05) is 31.3 Å². The van der Waals surface area contributed by atoms with E-state index in [1.54, 1.807) is 0 Å². The first-order valence-corrected chi connectivity index (χ1v) is 6.09. The van der Waals surface area contributed by atoms with Gasteiger partial charge in [0, 0.05) is 10.0 Å². The molecule has 1 aromatic heterocycles. The smallest absolute Gasteiger partial charge is 0.156 e. The summed E-state index contributed by atoms with van der Waals surface area (Å²) in [6.45, 7) is 0.713. The van der Waals surface area contributed by atoms with Crippen LogP contribution in [0.15, 0.2) is 28.7 Å². The first kappa shape index (κ1) is 10.7. The molecular formula is C10H10BrN3S. The molecule has 15 heavy (non-hydrogen) atoms. The van der Waals surface area contributed by atoms with Crippen LogP contribution in [0.25, 0.3) is 10.6 Å². The molecule has 1 heterocycles. The molecule has 0 saturated carbocycles. The van der Waals surface area contributed by atoms with Gasteiger partial charge in [0.2, 0.25) is 0 Å². The zero-order chi connectivity index (χ0) is 10.7. The Kier molecular flexibility index (Phi) is 3.45. The molecule has 0 aliphatic heterocycles. The van der Waals surface area contributed by atoms with Crippen molar-refractivity contribution in [1.29, 1.82) is 0 Å². The number of hydrogen-bond acceptors (Lipinski definition) is 4. The van der Waals surface area contributed by atoms with Crippen molar-refractivity contribution in [3.8, 4) is 10.6 Å². The molecule has 0 unspecified atom stereocenters. The lowest BCUT2D eigenvalue weighted by Gasteiger charge is -1.95. The Morgan fingerprint density at radius 2 is 2.33 bits per heavy atom. The number of benzene rings is 1. The summed E-state index contributed by atoms with van der Waals surface area (Å²) in [7, 11) is 1.89. The predicted molar refractivity (Wildman–Crippen MR) is 65.8 cm³/mol. The largest absolute Gasteiger partial charge is 0.313 e. The van der Waals surface area contributed by atoms with E-state index in [0.29, 0.717) is 6.54 Å². The van der Waals surface area contributed by atoms with E-state index in [-0.39, 0.29) is 0 Å². The molecule has 5 heteroatoms. The number of aromatic nitrogens is 2. The first-order chi connectivity index (χ1) is 7.29. The fourth-order valence-electron chi connectivity index (χ4n) is 1.22. The highest BCUT2D eigenvalue weighted by Gasteiger charge is 2.05. The van der Waals surface area contributed by atoms with Crippen molar-refractivity contribution < 1.29 is 0 Å². The van der Waals surface area contributed by atoms with Gasteiger partial charge < -0.3 is 5.32 Å². The molecule has 3 nitrogen and oxygen atoms in total. The van der Waals surface area contributed by atoms with Crippen LogP contribution >= 0.6 is 27.5 Å². The van der Waals surface area contributed by atoms with E-state index >= 15 is 0 Å². The van der Waals surface area contributed by atoms with Crippen molar-refractivity contribution in [3.63, 3.8) is 0 Å². The Balaban J connectivity index is 2.29. The second-order valence-corrected chi connectivity index (χ2v) is 4.72. The zero-order valence-corrected chi connectivity index (χ0v) is 10.6. The molecule has 0 atom stereocenters. The summed E-state index contributed by atoms with van der Waals surface area (Å²) in [6.07, 6.45) is 0. The summed E-state index contributed by atoms with van der Waals surface area (Å²) in [5.41, 5.74) is 1.10. The Bertz CT molecular complexity index is 455. The molecule has 0 spiro atoms. The van der Waals surface area contributed by atoms with Gasteiger partial charge in [-0.3, -0.25) is 0 Å². The van der Waals surface area contributed by atoms with Gasteiger partial charge in [-0.25, -0.2) is 4.98 Å². The minimum absolute atomic E-state index is 0.713. The maximum atomic E-state index is 4.44. The molecule has 0 bridgehead atoms. The number of nitrogens with zero attached hydrogens (tertiary/aromatic N) is 2. The summed E-state index contributed by atoms with van der Waals surface area (Å²) in [6, 6.07) is 8.08. The molecular weight excluding hydrogens is 274 g/mol. The Labute approximate surface area is 101 Å².